The third-order valence-corrected chi connectivity index (χ3v) is 6.10. The SMILES string of the molecule is CCN(CC)CCNC(=O)Cc1csc(NS(=O)(=O)c2ccccc2)n1. The average molecular weight is 397 g/mol. The minimum Gasteiger partial charge on any atom is -0.354 e. The molecule has 0 fully saturated rings. The van der Waals surface area contributed by atoms with Gasteiger partial charge in [0, 0.05) is 18.5 Å². The number of amides is 1. The monoisotopic (exact) mass is 396 g/mol. The second-order valence-corrected chi connectivity index (χ2v) is 8.16. The van der Waals surface area contributed by atoms with Crippen LogP contribution in [0.1, 0.15) is 19.5 Å². The maximum absolute atomic E-state index is 12.3. The smallest absolute Gasteiger partial charge is 0.263 e. The Morgan fingerprint density at radius 3 is 2.54 bits per heavy atom. The molecular weight excluding hydrogens is 372 g/mol. The van der Waals surface area contributed by atoms with Gasteiger partial charge in [0.15, 0.2) is 5.13 Å². The lowest BCUT2D eigenvalue weighted by atomic mass is 10.3. The second-order valence-electron chi connectivity index (χ2n) is 5.62. The van der Waals surface area contributed by atoms with E-state index in [-0.39, 0.29) is 22.4 Å². The third-order valence-electron chi connectivity index (χ3n) is 3.81. The molecule has 0 aliphatic carbocycles. The Balaban J connectivity index is 1.87. The van der Waals surface area contributed by atoms with Gasteiger partial charge in [-0.3, -0.25) is 9.52 Å². The number of thiazole rings is 1. The van der Waals surface area contributed by atoms with E-state index in [1.807, 2.05) is 0 Å². The summed E-state index contributed by atoms with van der Waals surface area (Å²) in [6.07, 6.45) is 0.127. The zero-order chi connectivity index (χ0) is 19.0. The molecule has 1 heterocycles. The maximum atomic E-state index is 12.3. The van der Waals surface area contributed by atoms with Crippen LogP contribution in [-0.2, 0) is 21.2 Å². The molecule has 0 spiro atoms. The zero-order valence-electron chi connectivity index (χ0n) is 14.9. The Bertz CT molecular complexity index is 802. The van der Waals surface area contributed by atoms with Crippen LogP contribution in [0.3, 0.4) is 0 Å². The summed E-state index contributed by atoms with van der Waals surface area (Å²) < 4.78 is 27.0. The number of hydrogen-bond donors (Lipinski definition) is 2. The van der Waals surface area contributed by atoms with Crippen molar-refractivity contribution in [3.63, 3.8) is 0 Å². The number of rotatable bonds is 10. The predicted molar refractivity (Wildman–Crippen MR) is 104 cm³/mol. The first-order valence-electron chi connectivity index (χ1n) is 8.46. The average Bonchev–Trinajstić information content (AvgIpc) is 3.05. The van der Waals surface area contributed by atoms with Gasteiger partial charge in [-0.05, 0) is 25.2 Å². The van der Waals surface area contributed by atoms with Crippen molar-refractivity contribution < 1.29 is 13.2 Å². The number of benzene rings is 1. The molecule has 7 nitrogen and oxygen atoms in total. The molecule has 142 valence electrons. The number of anilines is 1. The van der Waals surface area contributed by atoms with Gasteiger partial charge in [0.1, 0.15) is 0 Å². The van der Waals surface area contributed by atoms with E-state index in [1.54, 1.807) is 23.6 Å². The maximum Gasteiger partial charge on any atom is 0.263 e. The third kappa shape index (κ3) is 6.08. The quantitative estimate of drug-likeness (QED) is 0.640. The summed E-state index contributed by atoms with van der Waals surface area (Å²) in [7, 11) is -3.67. The Kier molecular flexibility index (Phi) is 7.55. The van der Waals surface area contributed by atoms with Gasteiger partial charge in [-0.25, -0.2) is 13.4 Å². The van der Waals surface area contributed by atoms with Crippen LogP contribution in [0.2, 0.25) is 0 Å². The molecule has 0 saturated carbocycles. The first-order chi connectivity index (χ1) is 12.4. The highest BCUT2D eigenvalue weighted by molar-refractivity contribution is 7.93. The van der Waals surface area contributed by atoms with E-state index in [9.17, 15) is 13.2 Å². The molecule has 0 saturated heterocycles. The molecule has 0 aliphatic heterocycles. The minimum atomic E-state index is -3.67. The molecule has 1 aromatic heterocycles. The molecule has 0 radical (unpaired) electrons. The van der Waals surface area contributed by atoms with Crippen LogP contribution >= 0.6 is 11.3 Å². The minimum absolute atomic E-state index is 0.125. The number of hydrogen-bond acceptors (Lipinski definition) is 6. The Morgan fingerprint density at radius 2 is 1.88 bits per heavy atom. The van der Waals surface area contributed by atoms with Crippen LogP contribution in [-0.4, -0.2) is 50.4 Å². The van der Waals surface area contributed by atoms with Crippen molar-refractivity contribution in [2.45, 2.75) is 25.2 Å². The van der Waals surface area contributed by atoms with E-state index >= 15 is 0 Å². The molecule has 1 aromatic carbocycles. The molecule has 26 heavy (non-hydrogen) atoms. The van der Waals surface area contributed by atoms with E-state index in [1.165, 1.54) is 12.1 Å². The van der Waals surface area contributed by atoms with Crippen LogP contribution in [0.4, 0.5) is 5.13 Å². The van der Waals surface area contributed by atoms with Crippen LogP contribution in [0, 0.1) is 0 Å². The van der Waals surface area contributed by atoms with Gasteiger partial charge in [-0.15, -0.1) is 11.3 Å². The number of nitrogens with zero attached hydrogens (tertiary/aromatic N) is 2. The van der Waals surface area contributed by atoms with Crippen LogP contribution in [0.5, 0.6) is 0 Å². The van der Waals surface area contributed by atoms with E-state index in [2.05, 4.69) is 33.8 Å². The summed E-state index contributed by atoms with van der Waals surface area (Å²) in [5.74, 6) is -0.125. The predicted octanol–water partition coefficient (Wildman–Crippen LogP) is 1.94. The Labute approximate surface area is 158 Å². The number of likely N-dealkylation sites (N-methyl/N-ethyl adjacent to an activating group) is 1. The highest BCUT2D eigenvalue weighted by Gasteiger charge is 2.16. The molecule has 9 heteroatoms. The fraction of sp³-hybridized carbons (Fsp3) is 0.412. The normalized spacial score (nSPS) is 11.5. The van der Waals surface area contributed by atoms with Gasteiger partial charge in [0.25, 0.3) is 10.0 Å². The molecule has 2 rings (SSSR count). The summed E-state index contributed by atoms with van der Waals surface area (Å²) in [5.41, 5.74) is 0.543. The summed E-state index contributed by atoms with van der Waals surface area (Å²) in [4.78, 5) is 18.6. The van der Waals surface area contributed by atoms with Gasteiger partial charge in [-0.1, -0.05) is 32.0 Å². The van der Waals surface area contributed by atoms with Crippen molar-refractivity contribution in [2.75, 3.05) is 30.9 Å². The lowest BCUT2D eigenvalue weighted by Crippen LogP contribution is -2.35. The van der Waals surface area contributed by atoms with Crippen LogP contribution < -0.4 is 10.0 Å². The number of carbonyl (C=O) groups is 1. The van der Waals surface area contributed by atoms with Crippen molar-refractivity contribution in [3.8, 4) is 0 Å². The largest absolute Gasteiger partial charge is 0.354 e. The van der Waals surface area contributed by atoms with Crippen molar-refractivity contribution >= 4 is 32.4 Å². The van der Waals surface area contributed by atoms with Gasteiger partial charge < -0.3 is 10.2 Å². The van der Waals surface area contributed by atoms with Gasteiger partial charge in [-0.2, -0.15) is 0 Å². The van der Waals surface area contributed by atoms with Crippen molar-refractivity contribution in [2.24, 2.45) is 0 Å². The zero-order valence-corrected chi connectivity index (χ0v) is 16.6. The van der Waals surface area contributed by atoms with E-state index < -0.39 is 10.0 Å². The standard InChI is InChI=1S/C17H24N4O3S2/c1-3-21(4-2)11-10-18-16(22)12-14-13-25-17(19-14)20-26(23,24)15-8-6-5-7-9-15/h5-9,13H,3-4,10-12H2,1-2H3,(H,18,22)(H,19,20). The summed E-state index contributed by atoms with van der Waals surface area (Å²) in [5, 5.41) is 4.80. The molecule has 2 N–H and O–H groups in total. The molecule has 0 bridgehead atoms. The number of nitrogens with one attached hydrogen (secondary N) is 2. The molecule has 2 aromatic rings. The van der Waals surface area contributed by atoms with Gasteiger partial charge in [0.2, 0.25) is 5.91 Å². The van der Waals surface area contributed by atoms with Crippen molar-refractivity contribution in [1.82, 2.24) is 15.2 Å². The van der Waals surface area contributed by atoms with E-state index in [4.69, 9.17) is 0 Å². The first-order valence-corrected chi connectivity index (χ1v) is 10.8. The van der Waals surface area contributed by atoms with E-state index in [0.29, 0.717) is 12.2 Å². The van der Waals surface area contributed by atoms with Crippen molar-refractivity contribution in [3.05, 3.63) is 41.4 Å². The summed E-state index contributed by atoms with van der Waals surface area (Å²) in [6, 6.07) is 8.09. The molecule has 0 unspecified atom stereocenters. The fourth-order valence-electron chi connectivity index (χ4n) is 2.33. The highest BCUT2D eigenvalue weighted by atomic mass is 32.2. The number of sulfonamides is 1. The van der Waals surface area contributed by atoms with Crippen LogP contribution in [0.15, 0.2) is 40.6 Å². The van der Waals surface area contributed by atoms with Gasteiger partial charge in [0.05, 0.1) is 17.0 Å². The van der Waals surface area contributed by atoms with Gasteiger partial charge >= 0.3 is 0 Å². The Hall–Kier alpha value is -1.97. The molecule has 0 aliphatic rings. The van der Waals surface area contributed by atoms with E-state index in [0.717, 1.165) is 31.0 Å². The lowest BCUT2D eigenvalue weighted by Gasteiger charge is -2.17. The Morgan fingerprint density at radius 1 is 1.19 bits per heavy atom. The molecule has 1 amide bonds. The summed E-state index contributed by atoms with van der Waals surface area (Å²) >= 11 is 1.16. The highest BCUT2D eigenvalue weighted by Crippen LogP contribution is 2.20. The summed E-state index contributed by atoms with van der Waals surface area (Å²) in [6.45, 7) is 7.44. The molecular formula is C17H24N4O3S2. The lowest BCUT2D eigenvalue weighted by molar-refractivity contribution is -0.120. The topological polar surface area (TPSA) is 91.4 Å². The second kappa shape index (κ2) is 9.65. The number of aromatic nitrogens is 1. The van der Waals surface area contributed by atoms with Crippen LogP contribution in [0.25, 0.3) is 0 Å². The van der Waals surface area contributed by atoms with Crippen molar-refractivity contribution in [1.29, 1.82) is 0 Å². The number of carbonyl (C=O) groups excluding carboxylic acids is 1. The fourth-order valence-corrected chi connectivity index (χ4v) is 4.31. The first kappa shape index (κ1) is 20.3. The molecule has 0 atom stereocenters.